The Hall–Kier alpha value is -1.34. The molecule has 0 spiro atoms. The molecule has 19 heavy (non-hydrogen) atoms. The fourth-order valence-electron chi connectivity index (χ4n) is 2.81. The van der Waals surface area contributed by atoms with Crippen LogP contribution in [0.2, 0.25) is 0 Å². The summed E-state index contributed by atoms with van der Waals surface area (Å²) in [4.78, 5) is 4.43. The van der Waals surface area contributed by atoms with Crippen molar-refractivity contribution in [1.82, 2.24) is 4.98 Å². The standard InChI is InChI=1S/C17H18ClN/c1-12-4-3-9-19-17(12)11-16(18)15-8-7-13-5-2-6-14(13)10-15/h3-4,7-10,16H,2,5-6,11H2,1H3. The highest BCUT2D eigenvalue weighted by Crippen LogP contribution is 2.30. The minimum atomic E-state index is 0.0134. The summed E-state index contributed by atoms with van der Waals surface area (Å²) in [6.07, 6.45) is 6.35. The SMILES string of the molecule is Cc1cccnc1CC(Cl)c1ccc2c(c1)CCC2. The van der Waals surface area contributed by atoms with Crippen LogP contribution in [0.5, 0.6) is 0 Å². The molecule has 1 aromatic carbocycles. The lowest BCUT2D eigenvalue weighted by atomic mass is 10.0. The van der Waals surface area contributed by atoms with Crippen molar-refractivity contribution in [2.24, 2.45) is 0 Å². The van der Waals surface area contributed by atoms with Crippen molar-refractivity contribution in [1.29, 1.82) is 0 Å². The summed E-state index contributed by atoms with van der Waals surface area (Å²) in [7, 11) is 0. The molecule has 0 aliphatic heterocycles. The molecule has 3 rings (SSSR count). The Kier molecular flexibility index (Phi) is 3.56. The van der Waals surface area contributed by atoms with Crippen LogP contribution in [0.1, 0.15) is 39.7 Å². The smallest absolute Gasteiger partial charge is 0.0640 e. The van der Waals surface area contributed by atoms with Crippen LogP contribution < -0.4 is 0 Å². The summed E-state index contributed by atoms with van der Waals surface area (Å²) in [5, 5.41) is 0.0134. The molecule has 0 N–H and O–H groups in total. The zero-order valence-corrected chi connectivity index (χ0v) is 12.0. The molecule has 1 aromatic heterocycles. The number of hydrogen-bond acceptors (Lipinski definition) is 1. The van der Waals surface area contributed by atoms with Crippen molar-refractivity contribution in [3.8, 4) is 0 Å². The van der Waals surface area contributed by atoms with Crippen LogP contribution in [0, 0.1) is 6.92 Å². The van der Waals surface area contributed by atoms with Gasteiger partial charge in [-0.2, -0.15) is 0 Å². The third kappa shape index (κ3) is 2.66. The van der Waals surface area contributed by atoms with E-state index in [2.05, 4.69) is 36.2 Å². The maximum Gasteiger partial charge on any atom is 0.0640 e. The van der Waals surface area contributed by atoms with E-state index in [0.29, 0.717) is 0 Å². The van der Waals surface area contributed by atoms with E-state index in [9.17, 15) is 0 Å². The zero-order valence-electron chi connectivity index (χ0n) is 11.2. The predicted octanol–water partition coefficient (Wildman–Crippen LogP) is 4.40. The second kappa shape index (κ2) is 5.34. The Morgan fingerprint density at radius 2 is 2.05 bits per heavy atom. The number of aryl methyl sites for hydroxylation is 3. The van der Waals surface area contributed by atoms with E-state index in [1.165, 1.54) is 41.5 Å². The molecule has 2 aromatic rings. The first kappa shape index (κ1) is 12.7. The van der Waals surface area contributed by atoms with Crippen molar-refractivity contribution < 1.29 is 0 Å². The number of aromatic nitrogens is 1. The van der Waals surface area contributed by atoms with Crippen molar-refractivity contribution in [2.75, 3.05) is 0 Å². The van der Waals surface area contributed by atoms with Gasteiger partial charge in [-0.25, -0.2) is 0 Å². The fraction of sp³-hybridized carbons (Fsp3) is 0.353. The van der Waals surface area contributed by atoms with Crippen LogP contribution in [0.3, 0.4) is 0 Å². The van der Waals surface area contributed by atoms with Gasteiger partial charge in [-0.05, 0) is 54.5 Å². The van der Waals surface area contributed by atoms with Crippen LogP contribution >= 0.6 is 11.6 Å². The molecule has 0 bridgehead atoms. The molecule has 2 heteroatoms. The van der Waals surface area contributed by atoms with E-state index in [4.69, 9.17) is 11.6 Å². The molecule has 1 nitrogen and oxygen atoms in total. The quantitative estimate of drug-likeness (QED) is 0.754. The number of halogens is 1. The van der Waals surface area contributed by atoms with Gasteiger partial charge in [0.15, 0.2) is 0 Å². The lowest BCUT2D eigenvalue weighted by Gasteiger charge is -2.12. The van der Waals surface area contributed by atoms with E-state index in [1.807, 2.05) is 12.3 Å². The van der Waals surface area contributed by atoms with E-state index >= 15 is 0 Å². The van der Waals surface area contributed by atoms with Gasteiger partial charge in [-0.3, -0.25) is 4.98 Å². The molecule has 0 radical (unpaired) electrons. The summed E-state index contributed by atoms with van der Waals surface area (Å²) in [6, 6.07) is 10.8. The topological polar surface area (TPSA) is 12.9 Å². The number of nitrogens with zero attached hydrogens (tertiary/aromatic N) is 1. The first-order chi connectivity index (χ1) is 9.24. The van der Waals surface area contributed by atoms with Gasteiger partial charge < -0.3 is 0 Å². The number of rotatable bonds is 3. The highest BCUT2D eigenvalue weighted by atomic mass is 35.5. The minimum Gasteiger partial charge on any atom is -0.261 e. The summed E-state index contributed by atoms with van der Waals surface area (Å²) in [5.41, 5.74) is 6.53. The molecule has 98 valence electrons. The maximum absolute atomic E-state index is 6.57. The molecule has 0 fully saturated rings. The van der Waals surface area contributed by atoms with Crippen molar-refractivity contribution in [3.63, 3.8) is 0 Å². The summed E-state index contributed by atoms with van der Waals surface area (Å²) >= 11 is 6.57. The molecular formula is C17H18ClN. The number of hydrogen-bond donors (Lipinski definition) is 0. The lowest BCUT2D eigenvalue weighted by Crippen LogP contribution is -2.01. The van der Waals surface area contributed by atoms with Gasteiger partial charge in [-0.15, -0.1) is 11.6 Å². The van der Waals surface area contributed by atoms with Crippen molar-refractivity contribution in [2.45, 2.75) is 38.0 Å². The Balaban J connectivity index is 1.81. The third-order valence-corrected chi connectivity index (χ3v) is 4.38. The molecule has 1 aliphatic carbocycles. The number of pyridine rings is 1. The first-order valence-corrected chi connectivity index (χ1v) is 7.34. The number of benzene rings is 1. The molecule has 1 unspecified atom stereocenters. The van der Waals surface area contributed by atoms with Gasteiger partial charge in [0.05, 0.1) is 5.38 Å². The third-order valence-electron chi connectivity index (χ3n) is 3.97. The molecular weight excluding hydrogens is 254 g/mol. The normalized spacial score (nSPS) is 15.3. The monoisotopic (exact) mass is 271 g/mol. The lowest BCUT2D eigenvalue weighted by molar-refractivity contribution is 0.867. The van der Waals surface area contributed by atoms with Crippen LogP contribution in [0.25, 0.3) is 0 Å². The van der Waals surface area contributed by atoms with Gasteiger partial charge in [0.2, 0.25) is 0 Å². The average Bonchev–Trinajstić information content (AvgIpc) is 2.88. The van der Waals surface area contributed by atoms with E-state index in [1.54, 1.807) is 0 Å². The van der Waals surface area contributed by atoms with E-state index in [-0.39, 0.29) is 5.38 Å². The van der Waals surface area contributed by atoms with Crippen molar-refractivity contribution >= 4 is 11.6 Å². The Labute approximate surface area is 119 Å². The average molecular weight is 272 g/mol. The summed E-state index contributed by atoms with van der Waals surface area (Å²) in [5.74, 6) is 0. The molecule has 0 amide bonds. The van der Waals surface area contributed by atoms with E-state index < -0.39 is 0 Å². The second-order valence-electron chi connectivity index (χ2n) is 5.32. The molecule has 1 heterocycles. The first-order valence-electron chi connectivity index (χ1n) is 6.90. The maximum atomic E-state index is 6.57. The van der Waals surface area contributed by atoms with Crippen LogP contribution in [0.4, 0.5) is 0 Å². The summed E-state index contributed by atoms with van der Waals surface area (Å²) < 4.78 is 0. The molecule has 0 saturated carbocycles. The Morgan fingerprint density at radius 3 is 2.89 bits per heavy atom. The Bertz CT molecular complexity index is 592. The zero-order chi connectivity index (χ0) is 13.2. The second-order valence-corrected chi connectivity index (χ2v) is 5.85. The highest BCUT2D eigenvalue weighted by molar-refractivity contribution is 6.20. The predicted molar refractivity (Wildman–Crippen MR) is 79.7 cm³/mol. The largest absolute Gasteiger partial charge is 0.261 e. The summed E-state index contributed by atoms with van der Waals surface area (Å²) in [6.45, 7) is 2.09. The molecule has 1 aliphatic rings. The van der Waals surface area contributed by atoms with Gasteiger partial charge in [-0.1, -0.05) is 24.3 Å². The van der Waals surface area contributed by atoms with Crippen LogP contribution in [0.15, 0.2) is 36.5 Å². The van der Waals surface area contributed by atoms with Crippen LogP contribution in [-0.4, -0.2) is 4.98 Å². The fourth-order valence-corrected chi connectivity index (χ4v) is 3.09. The van der Waals surface area contributed by atoms with Crippen molar-refractivity contribution in [3.05, 3.63) is 64.5 Å². The Morgan fingerprint density at radius 1 is 1.21 bits per heavy atom. The minimum absolute atomic E-state index is 0.0134. The number of alkyl halides is 1. The number of fused-ring (bicyclic) bond motifs is 1. The van der Waals surface area contributed by atoms with Gasteiger partial charge in [0, 0.05) is 18.3 Å². The van der Waals surface area contributed by atoms with Gasteiger partial charge in [0.25, 0.3) is 0 Å². The van der Waals surface area contributed by atoms with E-state index in [0.717, 1.165) is 12.1 Å². The van der Waals surface area contributed by atoms with Gasteiger partial charge in [0.1, 0.15) is 0 Å². The highest BCUT2D eigenvalue weighted by Gasteiger charge is 2.15. The van der Waals surface area contributed by atoms with Gasteiger partial charge >= 0.3 is 0 Å². The molecule has 1 atom stereocenters. The molecule has 0 saturated heterocycles. The van der Waals surface area contributed by atoms with Crippen LogP contribution in [-0.2, 0) is 19.3 Å².